The molecule has 1 aliphatic heterocycles. The van der Waals surface area contributed by atoms with E-state index in [1.54, 1.807) is 6.07 Å². The van der Waals surface area contributed by atoms with Crippen molar-refractivity contribution in [2.75, 3.05) is 19.8 Å². The highest BCUT2D eigenvalue weighted by molar-refractivity contribution is 5.48. The minimum Gasteiger partial charge on any atom is -0.486 e. The van der Waals surface area contributed by atoms with E-state index < -0.39 is 0 Å². The SMILES string of the molecule is OCCc1nnn(-c2ccc3c(c2)OCCO3)n1. The van der Waals surface area contributed by atoms with Crippen LogP contribution in [0.3, 0.4) is 0 Å². The fourth-order valence-corrected chi connectivity index (χ4v) is 1.71. The number of aliphatic hydroxyl groups is 1. The van der Waals surface area contributed by atoms with Gasteiger partial charge in [0.25, 0.3) is 0 Å². The fourth-order valence-electron chi connectivity index (χ4n) is 1.71. The van der Waals surface area contributed by atoms with Gasteiger partial charge in [-0.05, 0) is 17.3 Å². The Hall–Kier alpha value is -2.15. The number of benzene rings is 1. The summed E-state index contributed by atoms with van der Waals surface area (Å²) < 4.78 is 10.9. The maximum atomic E-state index is 8.80. The Bertz CT molecular complexity index is 555. The Kier molecular flexibility index (Phi) is 2.81. The monoisotopic (exact) mass is 248 g/mol. The molecule has 0 radical (unpaired) electrons. The van der Waals surface area contributed by atoms with Gasteiger partial charge >= 0.3 is 0 Å². The second kappa shape index (κ2) is 4.61. The summed E-state index contributed by atoms with van der Waals surface area (Å²) >= 11 is 0. The molecule has 1 aliphatic rings. The van der Waals surface area contributed by atoms with Crippen LogP contribution in [0.25, 0.3) is 5.69 Å². The van der Waals surface area contributed by atoms with Gasteiger partial charge in [-0.1, -0.05) is 0 Å². The molecule has 0 spiro atoms. The molecule has 2 aromatic rings. The quantitative estimate of drug-likeness (QED) is 0.821. The number of ether oxygens (including phenoxy) is 2. The summed E-state index contributed by atoms with van der Waals surface area (Å²) in [4.78, 5) is 1.41. The highest BCUT2D eigenvalue weighted by Crippen LogP contribution is 2.31. The van der Waals surface area contributed by atoms with Crippen LogP contribution in [0.2, 0.25) is 0 Å². The van der Waals surface area contributed by atoms with Crippen LogP contribution in [0.4, 0.5) is 0 Å². The van der Waals surface area contributed by atoms with Crippen molar-refractivity contribution in [1.29, 1.82) is 0 Å². The van der Waals surface area contributed by atoms with Gasteiger partial charge in [-0.15, -0.1) is 15.0 Å². The molecule has 0 unspecified atom stereocenters. The maximum absolute atomic E-state index is 8.80. The van der Waals surface area contributed by atoms with Crippen molar-refractivity contribution in [3.8, 4) is 17.2 Å². The van der Waals surface area contributed by atoms with Gasteiger partial charge in [-0.25, -0.2) is 0 Å². The summed E-state index contributed by atoms with van der Waals surface area (Å²) in [6.07, 6.45) is 0.393. The average molecular weight is 248 g/mol. The minimum absolute atomic E-state index is 0.00678. The van der Waals surface area contributed by atoms with Crippen LogP contribution >= 0.6 is 0 Å². The van der Waals surface area contributed by atoms with Crippen LogP contribution in [0, 0.1) is 0 Å². The van der Waals surface area contributed by atoms with Gasteiger partial charge in [0, 0.05) is 12.5 Å². The molecule has 0 atom stereocenters. The molecular formula is C11H12N4O3. The molecule has 7 heteroatoms. The molecule has 0 fully saturated rings. The minimum atomic E-state index is 0.00678. The molecule has 2 heterocycles. The van der Waals surface area contributed by atoms with E-state index in [1.807, 2.05) is 12.1 Å². The zero-order chi connectivity index (χ0) is 12.4. The number of aromatic nitrogens is 4. The zero-order valence-electron chi connectivity index (χ0n) is 9.61. The van der Waals surface area contributed by atoms with Crippen LogP contribution in [0.5, 0.6) is 11.5 Å². The highest BCUT2D eigenvalue weighted by atomic mass is 16.6. The lowest BCUT2D eigenvalue weighted by molar-refractivity contribution is 0.171. The predicted molar refractivity (Wildman–Crippen MR) is 60.9 cm³/mol. The predicted octanol–water partition coefficient (Wildman–Crippen LogP) is -0.0317. The number of hydrogen-bond donors (Lipinski definition) is 1. The van der Waals surface area contributed by atoms with E-state index in [4.69, 9.17) is 14.6 Å². The van der Waals surface area contributed by atoms with Crippen LogP contribution in [-0.4, -0.2) is 45.1 Å². The first kappa shape index (κ1) is 11.0. The highest BCUT2D eigenvalue weighted by Gasteiger charge is 2.13. The summed E-state index contributed by atoms with van der Waals surface area (Å²) in [6.45, 7) is 1.11. The lowest BCUT2D eigenvalue weighted by Gasteiger charge is -2.18. The molecule has 1 aromatic heterocycles. The first-order valence-corrected chi connectivity index (χ1v) is 5.66. The Labute approximate surface area is 103 Å². The topological polar surface area (TPSA) is 82.3 Å². The van der Waals surface area contributed by atoms with Crippen molar-refractivity contribution in [1.82, 2.24) is 20.2 Å². The van der Waals surface area contributed by atoms with E-state index in [0.29, 0.717) is 31.2 Å². The molecule has 1 aromatic carbocycles. The molecule has 1 N–H and O–H groups in total. The van der Waals surface area contributed by atoms with E-state index in [2.05, 4.69) is 15.4 Å². The normalized spacial score (nSPS) is 13.6. The number of hydrogen-bond acceptors (Lipinski definition) is 6. The molecule has 94 valence electrons. The van der Waals surface area contributed by atoms with Gasteiger partial charge in [0.15, 0.2) is 17.3 Å². The Morgan fingerprint density at radius 3 is 2.89 bits per heavy atom. The molecule has 0 saturated heterocycles. The summed E-state index contributed by atoms with van der Waals surface area (Å²) in [5.74, 6) is 1.91. The third kappa shape index (κ3) is 2.00. The van der Waals surface area contributed by atoms with Gasteiger partial charge < -0.3 is 14.6 Å². The van der Waals surface area contributed by atoms with Crippen LogP contribution < -0.4 is 9.47 Å². The van der Waals surface area contributed by atoms with Gasteiger partial charge in [0.05, 0.1) is 12.3 Å². The van der Waals surface area contributed by atoms with Crippen LogP contribution in [0.1, 0.15) is 5.82 Å². The summed E-state index contributed by atoms with van der Waals surface area (Å²) in [5, 5.41) is 20.7. The summed E-state index contributed by atoms with van der Waals surface area (Å²) in [7, 11) is 0. The molecule has 0 saturated carbocycles. The van der Waals surface area contributed by atoms with Gasteiger partial charge in [0.2, 0.25) is 0 Å². The summed E-state index contributed by atoms with van der Waals surface area (Å²) in [6, 6.07) is 5.45. The van der Waals surface area contributed by atoms with E-state index in [-0.39, 0.29) is 6.61 Å². The third-order valence-corrected chi connectivity index (χ3v) is 2.55. The first-order chi connectivity index (χ1) is 8.86. The van der Waals surface area contributed by atoms with Gasteiger partial charge in [0.1, 0.15) is 13.2 Å². The molecule has 18 heavy (non-hydrogen) atoms. The Balaban J connectivity index is 1.91. The van der Waals surface area contributed by atoms with Crippen molar-refractivity contribution in [3.05, 3.63) is 24.0 Å². The molecule has 7 nitrogen and oxygen atoms in total. The Morgan fingerprint density at radius 1 is 1.22 bits per heavy atom. The van der Waals surface area contributed by atoms with E-state index in [1.165, 1.54) is 4.80 Å². The molecule has 3 rings (SSSR count). The standard InChI is InChI=1S/C11H12N4O3/c16-4-3-11-12-14-15(13-11)8-1-2-9-10(7-8)18-6-5-17-9/h1-2,7,16H,3-6H2. The van der Waals surface area contributed by atoms with Gasteiger partial charge in [-0.3, -0.25) is 0 Å². The molecule has 0 aliphatic carbocycles. The molecule has 0 amide bonds. The van der Waals surface area contributed by atoms with E-state index in [0.717, 1.165) is 11.4 Å². The molecular weight excluding hydrogens is 236 g/mol. The smallest absolute Gasteiger partial charge is 0.177 e. The number of tetrazole rings is 1. The number of aliphatic hydroxyl groups excluding tert-OH is 1. The second-order valence-corrected chi connectivity index (χ2v) is 3.80. The largest absolute Gasteiger partial charge is 0.486 e. The number of nitrogens with zero attached hydrogens (tertiary/aromatic N) is 4. The van der Waals surface area contributed by atoms with E-state index >= 15 is 0 Å². The van der Waals surface area contributed by atoms with Crippen molar-refractivity contribution in [2.24, 2.45) is 0 Å². The fraction of sp³-hybridized carbons (Fsp3) is 0.364. The number of rotatable bonds is 3. The maximum Gasteiger partial charge on any atom is 0.177 e. The van der Waals surface area contributed by atoms with Crippen LogP contribution in [0.15, 0.2) is 18.2 Å². The average Bonchev–Trinajstić information content (AvgIpc) is 2.87. The van der Waals surface area contributed by atoms with Crippen molar-refractivity contribution in [3.63, 3.8) is 0 Å². The Morgan fingerprint density at radius 2 is 2.06 bits per heavy atom. The van der Waals surface area contributed by atoms with Crippen molar-refractivity contribution < 1.29 is 14.6 Å². The molecule has 0 bridgehead atoms. The first-order valence-electron chi connectivity index (χ1n) is 5.66. The van der Waals surface area contributed by atoms with E-state index in [9.17, 15) is 0 Å². The van der Waals surface area contributed by atoms with Gasteiger partial charge in [-0.2, -0.15) is 0 Å². The zero-order valence-corrected chi connectivity index (χ0v) is 9.61. The summed E-state index contributed by atoms with van der Waals surface area (Å²) in [5.41, 5.74) is 0.746. The number of fused-ring (bicyclic) bond motifs is 1. The second-order valence-electron chi connectivity index (χ2n) is 3.80. The van der Waals surface area contributed by atoms with Crippen LogP contribution in [-0.2, 0) is 6.42 Å². The van der Waals surface area contributed by atoms with Crippen molar-refractivity contribution >= 4 is 0 Å². The lowest BCUT2D eigenvalue weighted by Crippen LogP contribution is -2.15. The lowest BCUT2D eigenvalue weighted by atomic mass is 10.2. The third-order valence-electron chi connectivity index (χ3n) is 2.55. The van der Waals surface area contributed by atoms with Crippen molar-refractivity contribution in [2.45, 2.75) is 6.42 Å².